The van der Waals surface area contributed by atoms with E-state index in [-0.39, 0.29) is 0 Å². The van der Waals surface area contributed by atoms with Gasteiger partial charge in [-0.2, -0.15) is 0 Å². The number of para-hydroxylation sites is 2. The van der Waals surface area contributed by atoms with E-state index >= 15 is 0 Å². The van der Waals surface area contributed by atoms with E-state index in [2.05, 4.69) is 126 Å². The summed E-state index contributed by atoms with van der Waals surface area (Å²) in [6.07, 6.45) is 0. The fourth-order valence-corrected chi connectivity index (χ4v) is 7.81. The van der Waals surface area contributed by atoms with Gasteiger partial charge in [-0.05, 0) is 70.8 Å². The molecule has 0 bridgehead atoms. The Morgan fingerprint density at radius 2 is 0.981 bits per heavy atom. The summed E-state index contributed by atoms with van der Waals surface area (Å²) in [7, 11) is 0. The minimum atomic E-state index is 0.524. The molecule has 0 spiro atoms. The van der Waals surface area contributed by atoms with Gasteiger partial charge < -0.3 is 18.2 Å². The standard InChI is InChI=1S/C49H30N2O3/c1-3-13-31(14-4-1)33-25-27-35(28-26-33)51(36-18-11-17-34(29-36)32-15-5-2-6-16-32)40-30-44-47(46-38-20-8-10-23-42(38)53-48(40)46)50-49(54-44)39-21-12-24-43-45(39)37-19-7-9-22-41(37)52-43/h1-30H. The van der Waals surface area contributed by atoms with Crippen LogP contribution in [0.3, 0.4) is 0 Å². The minimum Gasteiger partial charge on any atom is -0.456 e. The molecular weight excluding hydrogens is 665 g/mol. The van der Waals surface area contributed by atoms with E-state index in [1.54, 1.807) is 0 Å². The van der Waals surface area contributed by atoms with Crippen LogP contribution in [0.4, 0.5) is 17.1 Å². The quantitative estimate of drug-likeness (QED) is 0.173. The number of hydrogen-bond donors (Lipinski definition) is 0. The molecule has 0 saturated heterocycles. The Morgan fingerprint density at radius 1 is 0.389 bits per heavy atom. The van der Waals surface area contributed by atoms with Crippen LogP contribution >= 0.6 is 0 Å². The fourth-order valence-electron chi connectivity index (χ4n) is 7.81. The van der Waals surface area contributed by atoms with Crippen LogP contribution in [0.5, 0.6) is 0 Å². The highest BCUT2D eigenvalue weighted by atomic mass is 16.4. The highest BCUT2D eigenvalue weighted by Crippen LogP contribution is 2.47. The van der Waals surface area contributed by atoms with Crippen LogP contribution in [0.15, 0.2) is 195 Å². The van der Waals surface area contributed by atoms with E-state index in [1.807, 2.05) is 60.7 Å². The van der Waals surface area contributed by atoms with Crippen molar-refractivity contribution in [3.05, 3.63) is 182 Å². The van der Waals surface area contributed by atoms with Crippen molar-refractivity contribution in [3.63, 3.8) is 0 Å². The van der Waals surface area contributed by atoms with Gasteiger partial charge in [-0.3, -0.25) is 0 Å². The van der Waals surface area contributed by atoms with Gasteiger partial charge in [0.1, 0.15) is 22.3 Å². The smallest absolute Gasteiger partial charge is 0.228 e. The molecule has 3 aromatic heterocycles. The normalized spacial score (nSPS) is 11.7. The molecule has 3 heterocycles. The molecule has 254 valence electrons. The van der Waals surface area contributed by atoms with Crippen molar-refractivity contribution in [1.29, 1.82) is 0 Å². The largest absolute Gasteiger partial charge is 0.456 e. The van der Waals surface area contributed by atoms with E-state index in [0.717, 1.165) is 94.3 Å². The number of nitrogens with zero attached hydrogens (tertiary/aromatic N) is 2. The second-order valence-electron chi connectivity index (χ2n) is 13.5. The Kier molecular flexibility index (Phi) is 6.79. The third-order valence-electron chi connectivity index (χ3n) is 10.3. The molecule has 0 saturated carbocycles. The monoisotopic (exact) mass is 694 g/mol. The Balaban J connectivity index is 1.18. The molecule has 54 heavy (non-hydrogen) atoms. The molecule has 5 nitrogen and oxygen atoms in total. The van der Waals surface area contributed by atoms with Gasteiger partial charge in [0.05, 0.1) is 11.1 Å². The summed E-state index contributed by atoms with van der Waals surface area (Å²) in [6, 6.07) is 62.6. The summed E-state index contributed by atoms with van der Waals surface area (Å²) in [5.74, 6) is 0.524. The average molecular weight is 695 g/mol. The predicted molar refractivity (Wildman–Crippen MR) is 220 cm³/mol. The SMILES string of the molecule is c1ccc(-c2ccc(N(c3cccc(-c4ccccc4)c3)c3cc4oc(-c5cccc6oc7ccccc7c56)nc4c4c3oc3ccccc34)cc2)cc1. The van der Waals surface area contributed by atoms with E-state index in [1.165, 1.54) is 0 Å². The molecule has 0 aliphatic carbocycles. The van der Waals surface area contributed by atoms with Crippen molar-refractivity contribution in [1.82, 2.24) is 4.98 Å². The first kappa shape index (κ1) is 30.3. The molecule has 8 aromatic carbocycles. The van der Waals surface area contributed by atoms with Crippen molar-refractivity contribution in [2.24, 2.45) is 0 Å². The fraction of sp³-hybridized carbons (Fsp3) is 0. The summed E-state index contributed by atoms with van der Waals surface area (Å²) in [4.78, 5) is 7.49. The van der Waals surface area contributed by atoms with E-state index < -0.39 is 0 Å². The van der Waals surface area contributed by atoms with Crippen LogP contribution in [-0.2, 0) is 0 Å². The Labute approximate surface area is 309 Å². The third kappa shape index (κ3) is 4.83. The van der Waals surface area contributed by atoms with Crippen molar-refractivity contribution >= 4 is 72.0 Å². The van der Waals surface area contributed by atoms with Crippen LogP contribution in [0.2, 0.25) is 0 Å². The Hall–Kier alpha value is -7.37. The van der Waals surface area contributed by atoms with Crippen LogP contribution in [0.1, 0.15) is 0 Å². The number of fused-ring (bicyclic) bond motifs is 8. The van der Waals surface area contributed by atoms with Crippen LogP contribution in [0.25, 0.3) is 88.7 Å². The number of oxazole rings is 1. The second-order valence-corrected chi connectivity index (χ2v) is 13.5. The summed E-state index contributed by atoms with van der Waals surface area (Å²) >= 11 is 0. The van der Waals surface area contributed by atoms with E-state index in [4.69, 9.17) is 18.2 Å². The van der Waals surface area contributed by atoms with Crippen molar-refractivity contribution < 1.29 is 13.3 Å². The molecule has 0 aliphatic heterocycles. The highest BCUT2D eigenvalue weighted by molar-refractivity contribution is 6.21. The molecule has 11 rings (SSSR count). The molecule has 0 fully saturated rings. The Morgan fingerprint density at radius 3 is 1.74 bits per heavy atom. The molecule has 11 aromatic rings. The van der Waals surface area contributed by atoms with E-state index in [9.17, 15) is 0 Å². The van der Waals surface area contributed by atoms with Gasteiger partial charge in [-0.25, -0.2) is 4.98 Å². The topological polar surface area (TPSA) is 55.6 Å². The van der Waals surface area contributed by atoms with Gasteiger partial charge >= 0.3 is 0 Å². The number of rotatable bonds is 6. The summed E-state index contributed by atoms with van der Waals surface area (Å²) in [5, 5.41) is 3.88. The second kappa shape index (κ2) is 12.1. The zero-order valence-electron chi connectivity index (χ0n) is 28.9. The molecule has 5 heteroatoms. The molecule has 0 amide bonds. The van der Waals surface area contributed by atoms with Gasteiger partial charge in [0.2, 0.25) is 5.89 Å². The zero-order chi connectivity index (χ0) is 35.6. The number of benzene rings is 8. The van der Waals surface area contributed by atoms with Crippen LogP contribution in [-0.4, -0.2) is 4.98 Å². The predicted octanol–water partition coefficient (Wildman–Crippen LogP) is 14.1. The number of anilines is 3. The van der Waals surface area contributed by atoms with Crippen LogP contribution < -0.4 is 4.90 Å². The first-order chi connectivity index (χ1) is 26.8. The van der Waals surface area contributed by atoms with Gasteiger partial charge in [-0.1, -0.05) is 127 Å². The molecule has 0 aliphatic rings. The zero-order valence-corrected chi connectivity index (χ0v) is 28.9. The lowest BCUT2D eigenvalue weighted by atomic mass is 10.0. The van der Waals surface area contributed by atoms with Crippen molar-refractivity contribution in [2.75, 3.05) is 4.90 Å². The van der Waals surface area contributed by atoms with Gasteiger partial charge in [-0.15, -0.1) is 0 Å². The molecule has 0 radical (unpaired) electrons. The van der Waals surface area contributed by atoms with Crippen molar-refractivity contribution in [2.45, 2.75) is 0 Å². The number of hydrogen-bond acceptors (Lipinski definition) is 5. The summed E-state index contributed by atoms with van der Waals surface area (Å²) in [6.45, 7) is 0. The maximum Gasteiger partial charge on any atom is 0.228 e. The average Bonchev–Trinajstić information content (AvgIpc) is 3.96. The minimum absolute atomic E-state index is 0.524. The first-order valence-electron chi connectivity index (χ1n) is 18.0. The van der Waals surface area contributed by atoms with Gasteiger partial charge in [0, 0.05) is 39.2 Å². The first-order valence-corrected chi connectivity index (χ1v) is 18.0. The number of aromatic nitrogens is 1. The maximum absolute atomic E-state index is 6.82. The van der Waals surface area contributed by atoms with Crippen LogP contribution in [0, 0.1) is 0 Å². The Bertz CT molecular complexity index is 3160. The molecule has 0 N–H and O–H groups in total. The van der Waals surface area contributed by atoms with Crippen molar-refractivity contribution in [3.8, 4) is 33.7 Å². The summed E-state index contributed by atoms with van der Waals surface area (Å²) < 4.78 is 19.9. The molecule has 0 atom stereocenters. The van der Waals surface area contributed by atoms with E-state index in [0.29, 0.717) is 11.5 Å². The highest BCUT2D eigenvalue weighted by Gasteiger charge is 2.26. The lowest BCUT2D eigenvalue weighted by Gasteiger charge is -2.26. The lowest BCUT2D eigenvalue weighted by Crippen LogP contribution is -2.10. The maximum atomic E-state index is 6.82. The third-order valence-corrected chi connectivity index (χ3v) is 10.3. The number of furan rings is 2. The molecular formula is C49H30N2O3. The van der Waals surface area contributed by atoms with Gasteiger partial charge in [0.15, 0.2) is 11.2 Å². The summed E-state index contributed by atoms with van der Waals surface area (Å²) in [5.41, 5.74) is 12.8. The molecule has 0 unspecified atom stereocenters. The van der Waals surface area contributed by atoms with Gasteiger partial charge in [0.25, 0.3) is 0 Å². The lowest BCUT2D eigenvalue weighted by molar-refractivity contribution is 0.620.